The molecule has 0 aliphatic heterocycles. The van der Waals surface area contributed by atoms with E-state index < -0.39 is 11.6 Å². The first-order chi connectivity index (χ1) is 9.65. The fourth-order valence-electron chi connectivity index (χ4n) is 2.06. The van der Waals surface area contributed by atoms with Crippen molar-refractivity contribution >= 4 is 11.6 Å². The highest BCUT2D eigenvalue weighted by Crippen LogP contribution is 2.34. The van der Waals surface area contributed by atoms with Gasteiger partial charge in [0.2, 0.25) is 0 Å². The van der Waals surface area contributed by atoms with Crippen LogP contribution < -0.4 is 0 Å². The number of unbranched alkanes of at least 4 members (excludes halogenated alkanes) is 3. The molecule has 0 N–H and O–H groups in total. The third kappa shape index (κ3) is 3.18. The molecule has 1 aromatic heterocycles. The van der Waals surface area contributed by atoms with Gasteiger partial charge in [-0.25, -0.2) is 8.78 Å². The summed E-state index contributed by atoms with van der Waals surface area (Å²) in [5, 5.41) is 3.92. The standard InChI is InChI=1S/C15H16ClF2NO/c1-2-3-4-5-9-12-14(16)15(19-20-12)13-10(17)7-6-8-11(13)18/h6-8H,2-5,9H2,1H3. The van der Waals surface area contributed by atoms with E-state index in [1.807, 2.05) is 0 Å². The SMILES string of the molecule is CCCCCCc1onc(-c2c(F)cccc2F)c1Cl. The van der Waals surface area contributed by atoms with Gasteiger partial charge in [-0.3, -0.25) is 0 Å². The lowest BCUT2D eigenvalue weighted by molar-refractivity contribution is 0.380. The second-order valence-corrected chi connectivity index (χ2v) is 5.05. The maximum atomic E-state index is 13.7. The van der Waals surface area contributed by atoms with Crippen LogP contribution in [-0.4, -0.2) is 5.16 Å². The quantitative estimate of drug-likeness (QED) is 0.668. The summed E-state index contributed by atoms with van der Waals surface area (Å²) in [4.78, 5) is 0. The molecule has 0 radical (unpaired) electrons. The van der Waals surface area contributed by atoms with Crippen molar-refractivity contribution in [2.24, 2.45) is 0 Å². The molecule has 108 valence electrons. The monoisotopic (exact) mass is 299 g/mol. The Morgan fingerprint density at radius 1 is 1.15 bits per heavy atom. The molecule has 1 aromatic carbocycles. The zero-order valence-electron chi connectivity index (χ0n) is 11.3. The van der Waals surface area contributed by atoms with E-state index in [4.69, 9.17) is 16.1 Å². The Labute approximate surface area is 121 Å². The lowest BCUT2D eigenvalue weighted by Crippen LogP contribution is -1.90. The van der Waals surface area contributed by atoms with Gasteiger partial charge in [0.25, 0.3) is 0 Å². The molecule has 0 saturated carbocycles. The molecule has 0 aliphatic carbocycles. The summed E-state index contributed by atoms with van der Waals surface area (Å²) in [6.07, 6.45) is 4.89. The molecule has 0 spiro atoms. The molecule has 20 heavy (non-hydrogen) atoms. The van der Waals surface area contributed by atoms with E-state index >= 15 is 0 Å². The molecule has 0 atom stereocenters. The molecule has 2 nitrogen and oxygen atoms in total. The molecular weight excluding hydrogens is 284 g/mol. The maximum absolute atomic E-state index is 13.7. The molecule has 0 aliphatic rings. The summed E-state index contributed by atoms with van der Waals surface area (Å²) in [5.74, 6) is -0.907. The number of aromatic nitrogens is 1. The minimum Gasteiger partial charge on any atom is -0.359 e. The minimum atomic E-state index is -0.697. The third-order valence-electron chi connectivity index (χ3n) is 3.16. The average Bonchev–Trinajstić information content (AvgIpc) is 2.77. The lowest BCUT2D eigenvalue weighted by atomic mass is 10.1. The van der Waals surface area contributed by atoms with Crippen molar-refractivity contribution in [2.75, 3.05) is 0 Å². The summed E-state index contributed by atoms with van der Waals surface area (Å²) >= 11 is 6.13. The zero-order chi connectivity index (χ0) is 14.5. The van der Waals surface area contributed by atoms with Gasteiger partial charge >= 0.3 is 0 Å². The lowest BCUT2D eigenvalue weighted by Gasteiger charge is -2.01. The van der Waals surface area contributed by atoms with Crippen molar-refractivity contribution in [3.05, 3.63) is 40.6 Å². The molecule has 1 heterocycles. The van der Waals surface area contributed by atoms with Crippen LogP contribution in [-0.2, 0) is 6.42 Å². The Hall–Kier alpha value is -1.42. The molecule has 0 saturated heterocycles. The van der Waals surface area contributed by atoms with Gasteiger partial charge in [0.05, 0.1) is 5.56 Å². The van der Waals surface area contributed by atoms with Gasteiger partial charge in [-0.15, -0.1) is 0 Å². The van der Waals surface area contributed by atoms with E-state index in [0.29, 0.717) is 12.2 Å². The predicted octanol–water partition coefficient (Wildman–Crippen LogP) is 5.40. The van der Waals surface area contributed by atoms with Gasteiger partial charge in [-0.2, -0.15) is 0 Å². The first-order valence-corrected chi connectivity index (χ1v) is 7.11. The fraction of sp³-hybridized carbons (Fsp3) is 0.400. The molecule has 5 heteroatoms. The van der Waals surface area contributed by atoms with Gasteiger partial charge in [-0.1, -0.05) is 49.0 Å². The summed E-state index contributed by atoms with van der Waals surface area (Å²) in [7, 11) is 0. The molecular formula is C15H16ClF2NO. The number of aryl methyl sites for hydroxylation is 1. The number of rotatable bonds is 6. The normalized spacial score (nSPS) is 11.0. The van der Waals surface area contributed by atoms with Crippen LogP contribution in [0.2, 0.25) is 5.02 Å². The van der Waals surface area contributed by atoms with Crippen LogP contribution in [0.3, 0.4) is 0 Å². The number of benzene rings is 1. The van der Waals surface area contributed by atoms with Gasteiger partial charge in [-0.05, 0) is 18.6 Å². The third-order valence-corrected chi connectivity index (χ3v) is 3.55. The van der Waals surface area contributed by atoms with Crippen molar-refractivity contribution in [1.29, 1.82) is 0 Å². The van der Waals surface area contributed by atoms with Crippen molar-refractivity contribution in [1.82, 2.24) is 5.16 Å². The highest BCUT2D eigenvalue weighted by molar-refractivity contribution is 6.33. The molecule has 0 bridgehead atoms. The number of nitrogens with zero attached hydrogens (tertiary/aromatic N) is 1. The highest BCUT2D eigenvalue weighted by Gasteiger charge is 2.21. The first-order valence-electron chi connectivity index (χ1n) is 6.73. The van der Waals surface area contributed by atoms with Gasteiger partial charge in [0.1, 0.15) is 22.4 Å². The minimum absolute atomic E-state index is 0.0350. The van der Waals surface area contributed by atoms with Crippen LogP contribution in [0.25, 0.3) is 11.3 Å². The Morgan fingerprint density at radius 2 is 1.85 bits per heavy atom. The van der Waals surface area contributed by atoms with Crippen molar-refractivity contribution < 1.29 is 13.3 Å². The van der Waals surface area contributed by atoms with Crippen LogP contribution in [0.1, 0.15) is 38.4 Å². The largest absolute Gasteiger partial charge is 0.359 e. The summed E-state index contributed by atoms with van der Waals surface area (Å²) in [6.45, 7) is 2.13. The van der Waals surface area contributed by atoms with Gasteiger partial charge in [0, 0.05) is 6.42 Å². The number of hydrogen-bond acceptors (Lipinski definition) is 2. The van der Waals surface area contributed by atoms with Crippen molar-refractivity contribution in [3.8, 4) is 11.3 Å². The van der Waals surface area contributed by atoms with Crippen LogP contribution in [0, 0.1) is 11.6 Å². The highest BCUT2D eigenvalue weighted by atomic mass is 35.5. The Kier molecular flexibility index (Phi) is 5.12. The number of halogens is 3. The van der Waals surface area contributed by atoms with E-state index in [-0.39, 0.29) is 16.3 Å². The fourth-order valence-corrected chi connectivity index (χ4v) is 2.32. The van der Waals surface area contributed by atoms with E-state index in [2.05, 4.69) is 12.1 Å². The Bertz CT molecular complexity index is 563. The molecule has 0 fully saturated rings. The van der Waals surface area contributed by atoms with Gasteiger partial charge in [0.15, 0.2) is 5.76 Å². The van der Waals surface area contributed by atoms with Crippen molar-refractivity contribution in [3.63, 3.8) is 0 Å². The molecule has 2 rings (SSSR count). The second kappa shape index (κ2) is 6.84. The summed E-state index contributed by atoms with van der Waals surface area (Å²) < 4.78 is 32.5. The van der Waals surface area contributed by atoms with Crippen LogP contribution in [0.4, 0.5) is 8.78 Å². The van der Waals surface area contributed by atoms with Crippen LogP contribution in [0.15, 0.2) is 22.7 Å². The average molecular weight is 300 g/mol. The topological polar surface area (TPSA) is 26.0 Å². The zero-order valence-corrected chi connectivity index (χ0v) is 12.0. The van der Waals surface area contributed by atoms with E-state index in [0.717, 1.165) is 25.7 Å². The molecule has 2 aromatic rings. The first kappa shape index (κ1) is 15.0. The summed E-state index contributed by atoms with van der Waals surface area (Å²) in [6, 6.07) is 3.64. The van der Waals surface area contributed by atoms with E-state index in [1.165, 1.54) is 18.2 Å². The second-order valence-electron chi connectivity index (χ2n) is 4.68. The Morgan fingerprint density at radius 3 is 2.50 bits per heavy atom. The molecule has 0 unspecified atom stereocenters. The van der Waals surface area contributed by atoms with Gasteiger partial charge < -0.3 is 4.52 Å². The molecule has 0 amide bonds. The smallest absolute Gasteiger partial charge is 0.155 e. The van der Waals surface area contributed by atoms with Crippen molar-refractivity contribution in [2.45, 2.75) is 39.0 Å². The van der Waals surface area contributed by atoms with E-state index in [1.54, 1.807) is 0 Å². The van der Waals surface area contributed by atoms with E-state index in [9.17, 15) is 8.78 Å². The number of hydrogen-bond donors (Lipinski definition) is 0. The summed E-state index contributed by atoms with van der Waals surface area (Å²) in [5.41, 5.74) is -0.200. The van der Waals surface area contributed by atoms with Crippen LogP contribution in [0.5, 0.6) is 0 Å². The van der Waals surface area contributed by atoms with Crippen LogP contribution >= 0.6 is 11.6 Å². The Balaban J connectivity index is 2.20. The maximum Gasteiger partial charge on any atom is 0.155 e. The predicted molar refractivity (Wildman–Crippen MR) is 74.7 cm³/mol.